The monoisotopic (exact) mass is 454 g/mol. The van der Waals surface area contributed by atoms with E-state index in [-0.39, 0.29) is 35.4 Å². The number of hydrogen-bond acceptors (Lipinski definition) is 5. The molecule has 1 aromatic carbocycles. The van der Waals surface area contributed by atoms with Gasteiger partial charge in [-0.05, 0) is 55.2 Å². The molecular weight excluding hydrogens is 424 g/mol. The van der Waals surface area contributed by atoms with Crippen LogP contribution in [0.5, 0.6) is 0 Å². The fraction of sp³-hybridized carbons (Fsp3) is 0.542. The Morgan fingerprint density at radius 3 is 2.48 bits per heavy atom. The molecule has 0 aromatic heterocycles. The molecule has 0 radical (unpaired) electrons. The minimum absolute atomic E-state index is 0.0416. The molecule has 0 aliphatic carbocycles. The molecule has 6 amide bonds. The Bertz CT molecular complexity index is 1010. The summed E-state index contributed by atoms with van der Waals surface area (Å²) in [6.07, 6.45) is 3.56. The Balaban J connectivity index is 1.31. The molecule has 9 nitrogen and oxygen atoms in total. The molecule has 3 heterocycles. The Morgan fingerprint density at radius 1 is 1.09 bits per heavy atom. The number of imide groups is 2. The van der Waals surface area contributed by atoms with Crippen molar-refractivity contribution in [3.63, 3.8) is 0 Å². The van der Waals surface area contributed by atoms with Gasteiger partial charge in [-0.2, -0.15) is 0 Å². The summed E-state index contributed by atoms with van der Waals surface area (Å²) in [4.78, 5) is 64.4. The number of nitrogens with zero attached hydrogens (tertiary/aromatic N) is 2. The number of nitrogens with one attached hydrogen (secondary N) is 2. The van der Waals surface area contributed by atoms with Crippen molar-refractivity contribution in [1.29, 1.82) is 0 Å². The molecule has 176 valence electrons. The van der Waals surface area contributed by atoms with Crippen LogP contribution >= 0.6 is 0 Å². The second kappa shape index (κ2) is 8.96. The van der Waals surface area contributed by atoms with Gasteiger partial charge in [0.05, 0.1) is 11.1 Å². The highest BCUT2D eigenvalue weighted by Crippen LogP contribution is 2.30. The zero-order valence-electron chi connectivity index (χ0n) is 19.1. The third kappa shape index (κ3) is 4.77. The van der Waals surface area contributed by atoms with E-state index in [0.29, 0.717) is 19.4 Å². The molecule has 3 aliphatic rings. The van der Waals surface area contributed by atoms with Gasteiger partial charge in [0.15, 0.2) is 0 Å². The van der Waals surface area contributed by atoms with Crippen LogP contribution in [0.15, 0.2) is 18.2 Å². The third-order valence-corrected chi connectivity index (χ3v) is 6.83. The summed E-state index contributed by atoms with van der Waals surface area (Å²) in [5.74, 6) is -2.03. The maximum Gasteiger partial charge on any atom is 0.317 e. The summed E-state index contributed by atoms with van der Waals surface area (Å²) in [6, 6.07) is 4.10. The molecular formula is C24H30N4O5. The van der Waals surface area contributed by atoms with Gasteiger partial charge in [0, 0.05) is 26.1 Å². The van der Waals surface area contributed by atoms with Crippen molar-refractivity contribution < 1.29 is 24.0 Å². The van der Waals surface area contributed by atoms with Gasteiger partial charge in [-0.3, -0.25) is 29.4 Å². The lowest BCUT2D eigenvalue weighted by Crippen LogP contribution is -2.54. The van der Waals surface area contributed by atoms with Crippen LogP contribution in [0.25, 0.3) is 0 Å². The molecule has 1 atom stereocenters. The molecule has 1 aromatic rings. The second-order valence-electron chi connectivity index (χ2n) is 9.81. The van der Waals surface area contributed by atoms with Gasteiger partial charge in [0.25, 0.3) is 11.8 Å². The number of hydrogen-bond donors (Lipinski definition) is 2. The van der Waals surface area contributed by atoms with Crippen molar-refractivity contribution in [3.8, 4) is 0 Å². The van der Waals surface area contributed by atoms with Crippen molar-refractivity contribution in [2.75, 3.05) is 19.6 Å². The first-order valence-corrected chi connectivity index (χ1v) is 11.5. The van der Waals surface area contributed by atoms with Gasteiger partial charge in [-0.15, -0.1) is 0 Å². The standard InChI is InChI=1S/C24H30N4O5/c1-24(2)9-12-27(13-10-24)23(33)25-11-3-4-15-5-6-16-17(14-15)22(32)28(21(16)31)18-7-8-19(29)26-20(18)30/h5-6,14,18H,3-4,7-13H2,1-2H3,(H,25,33)(H,26,29,30). The molecule has 2 N–H and O–H groups in total. The average Bonchev–Trinajstić information content (AvgIpc) is 3.01. The van der Waals surface area contributed by atoms with Crippen LogP contribution in [0.4, 0.5) is 4.79 Å². The second-order valence-corrected chi connectivity index (χ2v) is 9.81. The minimum Gasteiger partial charge on any atom is -0.338 e. The molecule has 3 aliphatic heterocycles. The largest absolute Gasteiger partial charge is 0.338 e. The van der Waals surface area contributed by atoms with Crippen molar-refractivity contribution in [2.24, 2.45) is 5.41 Å². The lowest BCUT2D eigenvalue weighted by Gasteiger charge is -2.36. The van der Waals surface area contributed by atoms with Crippen molar-refractivity contribution in [3.05, 3.63) is 34.9 Å². The number of aryl methyl sites for hydroxylation is 1. The lowest BCUT2D eigenvalue weighted by molar-refractivity contribution is -0.136. The summed E-state index contributed by atoms with van der Waals surface area (Å²) in [7, 11) is 0. The van der Waals surface area contributed by atoms with Gasteiger partial charge >= 0.3 is 6.03 Å². The Morgan fingerprint density at radius 2 is 1.79 bits per heavy atom. The number of benzene rings is 1. The van der Waals surface area contributed by atoms with Crippen LogP contribution in [0.1, 0.15) is 72.2 Å². The summed E-state index contributed by atoms with van der Waals surface area (Å²) >= 11 is 0. The number of urea groups is 1. The highest BCUT2D eigenvalue weighted by atomic mass is 16.2. The van der Waals surface area contributed by atoms with Gasteiger partial charge < -0.3 is 10.2 Å². The van der Waals surface area contributed by atoms with Crippen LogP contribution in [0, 0.1) is 5.41 Å². The first-order chi connectivity index (χ1) is 15.7. The third-order valence-electron chi connectivity index (χ3n) is 6.83. The van der Waals surface area contributed by atoms with Crippen LogP contribution in [0.2, 0.25) is 0 Å². The number of amides is 6. The number of piperidine rings is 2. The first kappa shape index (κ1) is 22.9. The van der Waals surface area contributed by atoms with Crippen molar-refractivity contribution in [1.82, 2.24) is 20.4 Å². The van der Waals surface area contributed by atoms with E-state index in [9.17, 15) is 24.0 Å². The molecule has 2 saturated heterocycles. The highest BCUT2D eigenvalue weighted by molar-refractivity contribution is 6.23. The van der Waals surface area contributed by atoms with E-state index in [0.717, 1.165) is 36.4 Å². The topological polar surface area (TPSA) is 116 Å². The normalized spacial score (nSPS) is 22.3. The SMILES string of the molecule is CC1(C)CCN(C(=O)NCCCc2ccc3c(c2)C(=O)N(C2CCC(=O)NC2=O)C3=O)CC1. The molecule has 2 fully saturated rings. The summed E-state index contributed by atoms with van der Waals surface area (Å²) in [6.45, 7) is 6.50. The zero-order chi connectivity index (χ0) is 23.8. The van der Waals surface area contributed by atoms with Crippen LogP contribution in [-0.2, 0) is 16.0 Å². The zero-order valence-corrected chi connectivity index (χ0v) is 19.1. The Hall–Kier alpha value is -3.23. The fourth-order valence-corrected chi connectivity index (χ4v) is 4.59. The van der Waals surface area contributed by atoms with E-state index in [1.165, 1.54) is 0 Å². The summed E-state index contributed by atoms with van der Waals surface area (Å²) in [5, 5.41) is 5.16. The van der Waals surface area contributed by atoms with Crippen molar-refractivity contribution >= 4 is 29.7 Å². The average molecular weight is 455 g/mol. The molecule has 33 heavy (non-hydrogen) atoms. The molecule has 0 saturated carbocycles. The predicted molar refractivity (Wildman–Crippen MR) is 119 cm³/mol. The Labute approximate surface area is 192 Å². The van der Waals surface area contributed by atoms with Crippen LogP contribution in [0.3, 0.4) is 0 Å². The fourth-order valence-electron chi connectivity index (χ4n) is 4.59. The van der Waals surface area contributed by atoms with Crippen LogP contribution in [-0.4, -0.2) is 65.1 Å². The molecule has 4 rings (SSSR count). The minimum atomic E-state index is -0.964. The smallest absolute Gasteiger partial charge is 0.317 e. The van der Waals surface area contributed by atoms with E-state index >= 15 is 0 Å². The van der Waals surface area contributed by atoms with E-state index < -0.39 is 29.7 Å². The lowest BCUT2D eigenvalue weighted by atomic mass is 9.83. The summed E-state index contributed by atoms with van der Waals surface area (Å²) in [5.41, 5.74) is 1.72. The predicted octanol–water partition coefficient (Wildman–Crippen LogP) is 1.85. The Kier molecular flexibility index (Phi) is 6.23. The van der Waals surface area contributed by atoms with E-state index in [4.69, 9.17) is 0 Å². The number of carbonyl (C=O) groups excluding carboxylic acids is 5. The van der Waals surface area contributed by atoms with Gasteiger partial charge in [-0.1, -0.05) is 19.9 Å². The molecule has 0 bridgehead atoms. The highest BCUT2D eigenvalue weighted by Gasteiger charge is 2.44. The van der Waals surface area contributed by atoms with E-state index in [2.05, 4.69) is 24.5 Å². The van der Waals surface area contributed by atoms with Gasteiger partial charge in [-0.25, -0.2) is 4.79 Å². The van der Waals surface area contributed by atoms with Gasteiger partial charge in [0.2, 0.25) is 11.8 Å². The van der Waals surface area contributed by atoms with E-state index in [1.807, 2.05) is 4.90 Å². The first-order valence-electron chi connectivity index (χ1n) is 11.5. The van der Waals surface area contributed by atoms with E-state index in [1.54, 1.807) is 18.2 Å². The number of likely N-dealkylation sites (tertiary alicyclic amines) is 1. The molecule has 9 heteroatoms. The molecule has 1 unspecified atom stereocenters. The summed E-state index contributed by atoms with van der Waals surface area (Å²) < 4.78 is 0. The van der Waals surface area contributed by atoms with Crippen LogP contribution < -0.4 is 10.6 Å². The van der Waals surface area contributed by atoms with Gasteiger partial charge in [0.1, 0.15) is 6.04 Å². The number of carbonyl (C=O) groups is 5. The molecule has 0 spiro atoms. The quantitative estimate of drug-likeness (QED) is 0.520. The number of rotatable bonds is 5. The van der Waals surface area contributed by atoms with Crippen molar-refractivity contribution in [2.45, 2.75) is 58.4 Å². The number of fused-ring (bicyclic) bond motifs is 1. The maximum atomic E-state index is 12.9. The maximum absolute atomic E-state index is 12.9.